The van der Waals surface area contributed by atoms with E-state index in [9.17, 15) is 9.59 Å². The van der Waals surface area contributed by atoms with Crippen molar-refractivity contribution in [3.8, 4) is 0 Å². The van der Waals surface area contributed by atoms with E-state index in [1.165, 1.54) is 0 Å². The van der Waals surface area contributed by atoms with Crippen molar-refractivity contribution in [2.75, 3.05) is 32.7 Å². The van der Waals surface area contributed by atoms with Crippen LogP contribution in [0.1, 0.15) is 31.1 Å². The fraction of sp³-hybridized carbons (Fsp3) is 0.529. The Morgan fingerprint density at radius 3 is 2.32 bits per heavy atom. The highest BCUT2D eigenvalue weighted by Crippen LogP contribution is 2.17. The van der Waals surface area contributed by atoms with Gasteiger partial charge in [0.25, 0.3) is 5.91 Å². The number of carbonyl (C=O) groups excluding carboxylic acids is 2. The van der Waals surface area contributed by atoms with Gasteiger partial charge in [-0.2, -0.15) is 0 Å². The molecule has 0 bridgehead atoms. The van der Waals surface area contributed by atoms with Crippen molar-refractivity contribution in [1.29, 1.82) is 0 Å². The first-order valence-corrected chi connectivity index (χ1v) is 7.95. The molecule has 1 aromatic rings. The fourth-order valence-corrected chi connectivity index (χ4v) is 2.54. The number of rotatable bonds is 3. The second kappa shape index (κ2) is 6.80. The van der Waals surface area contributed by atoms with Crippen LogP contribution in [0.2, 0.25) is 5.02 Å². The molecule has 0 aliphatic carbocycles. The van der Waals surface area contributed by atoms with Crippen molar-refractivity contribution in [2.45, 2.75) is 20.8 Å². The topological polar surface area (TPSA) is 40.6 Å². The Morgan fingerprint density at radius 2 is 1.77 bits per heavy atom. The predicted molar refractivity (Wildman–Crippen MR) is 88.3 cm³/mol. The van der Waals surface area contributed by atoms with Gasteiger partial charge in [0.2, 0.25) is 0 Å². The first kappa shape index (κ1) is 17.0. The molecule has 0 spiro atoms. The summed E-state index contributed by atoms with van der Waals surface area (Å²) in [6, 6.07) is 7.02. The van der Waals surface area contributed by atoms with Crippen molar-refractivity contribution >= 4 is 23.3 Å². The van der Waals surface area contributed by atoms with Gasteiger partial charge < -0.3 is 4.90 Å². The Bertz CT molecular complexity index is 558. The third-order valence-corrected chi connectivity index (χ3v) is 4.17. The molecule has 1 aromatic carbocycles. The number of amides is 1. The van der Waals surface area contributed by atoms with E-state index in [0.29, 0.717) is 30.2 Å². The maximum Gasteiger partial charge on any atom is 0.253 e. The van der Waals surface area contributed by atoms with Crippen LogP contribution < -0.4 is 0 Å². The Kier molecular flexibility index (Phi) is 5.24. The molecule has 1 aliphatic rings. The molecule has 22 heavy (non-hydrogen) atoms. The summed E-state index contributed by atoms with van der Waals surface area (Å²) >= 11 is 5.93. The highest BCUT2D eigenvalue weighted by atomic mass is 35.5. The van der Waals surface area contributed by atoms with Gasteiger partial charge in [0.15, 0.2) is 5.78 Å². The maximum absolute atomic E-state index is 12.4. The third kappa shape index (κ3) is 4.31. The van der Waals surface area contributed by atoms with E-state index in [1.54, 1.807) is 24.3 Å². The van der Waals surface area contributed by atoms with E-state index in [4.69, 9.17) is 11.6 Å². The second-order valence-corrected chi connectivity index (χ2v) is 7.19. The van der Waals surface area contributed by atoms with Crippen molar-refractivity contribution in [3.63, 3.8) is 0 Å². The standard InChI is InChI=1S/C17H23ClN2O2/c1-17(2,3)15(21)12-19-7-9-20(10-8-19)16(22)13-5-4-6-14(18)11-13/h4-6,11H,7-10,12H2,1-3H3. The molecule has 120 valence electrons. The zero-order valence-corrected chi connectivity index (χ0v) is 14.2. The number of benzene rings is 1. The summed E-state index contributed by atoms with van der Waals surface area (Å²) < 4.78 is 0. The highest BCUT2D eigenvalue weighted by Gasteiger charge is 2.27. The summed E-state index contributed by atoms with van der Waals surface area (Å²) in [4.78, 5) is 28.4. The minimum Gasteiger partial charge on any atom is -0.336 e. The molecule has 0 saturated carbocycles. The zero-order chi connectivity index (χ0) is 16.3. The number of hydrogen-bond acceptors (Lipinski definition) is 3. The van der Waals surface area contributed by atoms with E-state index in [2.05, 4.69) is 4.90 Å². The lowest BCUT2D eigenvalue weighted by Gasteiger charge is -2.35. The van der Waals surface area contributed by atoms with Crippen molar-refractivity contribution < 1.29 is 9.59 Å². The summed E-state index contributed by atoms with van der Waals surface area (Å²) in [5.74, 6) is 0.242. The molecular weight excluding hydrogens is 300 g/mol. The Hall–Kier alpha value is -1.39. The van der Waals surface area contributed by atoms with Crippen LogP contribution in [-0.4, -0.2) is 54.2 Å². The number of Topliss-reactive ketones (excluding diaryl/α,β-unsaturated/α-hetero) is 1. The van der Waals surface area contributed by atoms with Crippen LogP contribution in [0.3, 0.4) is 0 Å². The van der Waals surface area contributed by atoms with Gasteiger partial charge >= 0.3 is 0 Å². The van der Waals surface area contributed by atoms with Crippen molar-refractivity contribution in [3.05, 3.63) is 34.9 Å². The van der Waals surface area contributed by atoms with E-state index in [1.807, 2.05) is 25.7 Å². The van der Waals surface area contributed by atoms with Gasteiger partial charge in [-0.3, -0.25) is 14.5 Å². The van der Waals surface area contributed by atoms with Crippen LogP contribution in [0, 0.1) is 5.41 Å². The highest BCUT2D eigenvalue weighted by molar-refractivity contribution is 6.30. The summed E-state index contributed by atoms with van der Waals surface area (Å²) in [7, 11) is 0. The molecule has 0 N–H and O–H groups in total. The van der Waals surface area contributed by atoms with E-state index < -0.39 is 0 Å². The molecule has 1 heterocycles. The van der Waals surface area contributed by atoms with Crippen LogP contribution in [0.15, 0.2) is 24.3 Å². The van der Waals surface area contributed by atoms with Gasteiger partial charge in [0.05, 0.1) is 6.54 Å². The quantitative estimate of drug-likeness (QED) is 0.859. The lowest BCUT2D eigenvalue weighted by molar-refractivity contribution is -0.127. The number of piperazine rings is 1. The SMILES string of the molecule is CC(C)(C)C(=O)CN1CCN(C(=O)c2cccc(Cl)c2)CC1. The molecule has 5 heteroatoms. The lowest BCUT2D eigenvalue weighted by atomic mass is 9.90. The normalized spacial score (nSPS) is 16.6. The molecular formula is C17H23ClN2O2. The number of nitrogens with zero attached hydrogens (tertiary/aromatic N) is 2. The Morgan fingerprint density at radius 1 is 1.14 bits per heavy atom. The molecule has 1 aliphatic heterocycles. The van der Waals surface area contributed by atoms with Crippen LogP contribution in [0.5, 0.6) is 0 Å². The van der Waals surface area contributed by atoms with Gasteiger partial charge in [-0.1, -0.05) is 38.4 Å². The summed E-state index contributed by atoms with van der Waals surface area (Å²) in [5.41, 5.74) is 0.306. The first-order valence-electron chi connectivity index (χ1n) is 7.58. The molecule has 4 nitrogen and oxygen atoms in total. The Balaban J connectivity index is 1.89. The van der Waals surface area contributed by atoms with E-state index >= 15 is 0 Å². The summed E-state index contributed by atoms with van der Waals surface area (Å²) in [5, 5.41) is 0.570. The van der Waals surface area contributed by atoms with E-state index in [0.717, 1.165) is 13.1 Å². The fourth-order valence-electron chi connectivity index (χ4n) is 2.35. The third-order valence-electron chi connectivity index (χ3n) is 3.93. The summed E-state index contributed by atoms with van der Waals surface area (Å²) in [6.07, 6.45) is 0. The number of carbonyl (C=O) groups is 2. The van der Waals surface area contributed by atoms with Crippen LogP contribution in [-0.2, 0) is 4.79 Å². The molecule has 0 unspecified atom stereocenters. The van der Waals surface area contributed by atoms with Gasteiger partial charge in [0.1, 0.15) is 0 Å². The van der Waals surface area contributed by atoms with Gasteiger partial charge in [0, 0.05) is 42.2 Å². The minimum absolute atomic E-state index is 0.00398. The number of halogens is 1. The monoisotopic (exact) mass is 322 g/mol. The van der Waals surface area contributed by atoms with Crippen LogP contribution >= 0.6 is 11.6 Å². The maximum atomic E-state index is 12.4. The van der Waals surface area contributed by atoms with Crippen molar-refractivity contribution in [1.82, 2.24) is 9.80 Å². The van der Waals surface area contributed by atoms with Gasteiger partial charge in [-0.05, 0) is 18.2 Å². The second-order valence-electron chi connectivity index (χ2n) is 6.75. The molecule has 0 atom stereocenters. The van der Waals surface area contributed by atoms with Gasteiger partial charge in [-0.25, -0.2) is 0 Å². The Labute approximate surface area is 137 Å². The molecule has 0 aromatic heterocycles. The largest absolute Gasteiger partial charge is 0.336 e. The lowest BCUT2D eigenvalue weighted by Crippen LogP contribution is -2.50. The van der Waals surface area contributed by atoms with Crippen LogP contribution in [0.25, 0.3) is 0 Å². The average molecular weight is 323 g/mol. The molecule has 1 saturated heterocycles. The zero-order valence-electron chi connectivity index (χ0n) is 13.4. The average Bonchev–Trinajstić information content (AvgIpc) is 2.46. The first-order chi connectivity index (χ1) is 10.3. The summed E-state index contributed by atoms with van der Waals surface area (Å²) in [6.45, 7) is 9.02. The molecule has 0 radical (unpaired) electrons. The van der Waals surface area contributed by atoms with Crippen LogP contribution in [0.4, 0.5) is 0 Å². The molecule has 2 rings (SSSR count). The van der Waals surface area contributed by atoms with E-state index in [-0.39, 0.29) is 17.1 Å². The smallest absolute Gasteiger partial charge is 0.253 e. The number of hydrogen-bond donors (Lipinski definition) is 0. The predicted octanol–water partition coefficient (Wildman–Crippen LogP) is 2.71. The minimum atomic E-state index is -0.312. The van der Waals surface area contributed by atoms with Gasteiger partial charge in [-0.15, -0.1) is 0 Å². The number of ketones is 1. The molecule has 1 amide bonds. The molecule has 1 fully saturated rings. The van der Waals surface area contributed by atoms with Crippen molar-refractivity contribution in [2.24, 2.45) is 5.41 Å².